The summed E-state index contributed by atoms with van der Waals surface area (Å²) < 4.78 is 0.775. The average molecular weight is 273 g/mol. The van der Waals surface area contributed by atoms with Gasteiger partial charge in [-0.25, -0.2) is 0 Å². The van der Waals surface area contributed by atoms with Gasteiger partial charge in [-0.2, -0.15) is 0 Å². The molecule has 1 unspecified atom stereocenters. The van der Waals surface area contributed by atoms with Crippen molar-refractivity contribution >= 4 is 22.9 Å². The SMILES string of the molecule is CC(C)CC1(C(O)c2ccc(Cl)s2)CCCC1. The van der Waals surface area contributed by atoms with Crippen molar-refractivity contribution in [1.29, 1.82) is 0 Å². The molecule has 1 fully saturated rings. The van der Waals surface area contributed by atoms with Gasteiger partial charge in [-0.05, 0) is 37.3 Å². The third-order valence-electron chi connectivity index (χ3n) is 3.86. The third-order valence-corrected chi connectivity index (χ3v) is 5.14. The van der Waals surface area contributed by atoms with E-state index in [-0.39, 0.29) is 11.5 Å². The maximum atomic E-state index is 10.7. The minimum Gasteiger partial charge on any atom is -0.387 e. The molecule has 1 aromatic heterocycles. The first-order valence-electron chi connectivity index (χ1n) is 6.47. The molecule has 0 saturated heterocycles. The van der Waals surface area contributed by atoms with Crippen LogP contribution in [0.2, 0.25) is 4.34 Å². The summed E-state index contributed by atoms with van der Waals surface area (Å²) >= 11 is 7.49. The molecule has 1 nitrogen and oxygen atoms in total. The summed E-state index contributed by atoms with van der Waals surface area (Å²) in [5, 5.41) is 10.7. The van der Waals surface area contributed by atoms with E-state index in [1.165, 1.54) is 24.2 Å². The number of hydrogen-bond donors (Lipinski definition) is 1. The van der Waals surface area contributed by atoms with Crippen molar-refractivity contribution in [1.82, 2.24) is 0 Å². The zero-order valence-electron chi connectivity index (χ0n) is 10.6. The van der Waals surface area contributed by atoms with E-state index in [4.69, 9.17) is 11.6 Å². The molecular weight excluding hydrogens is 252 g/mol. The molecule has 3 heteroatoms. The number of hydrogen-bond acceptors (Lipinski definition) is 2. The minimum atomic E-state index is -0.329. The van der Waals surface area contributed by atoms with Crippen LogP contribution in [0.4, 0.5) is 0 Å². The molecule has 0 aromatic carbocycles. The molecule has 2 rings (SSSR count). The maximum absolute atomic E-state index is 10.7. The van der Waals surface area contributed by atoms with Crippen molar-refractivity contribution < 1.29 is 5.11 Å². The van der Waals surface area contributed by atoms with Crippen LogP contribution in [-0.4, -0.2) is 5.11 Å². The molecule has 1 N–H and O–H groups in total. The monoisotopic (exact) mass is 272 g/mol. The van der Waals surface area contributed by atoms with Crippen LogP contribution < -0.4 is 0 Å². The molecule has 17 heavy (non-hydrogen) atoms. The van der Waals surface area contributed by atoms with E-state index in [0.29, 0.717) is 5.92 Å². The van der Waals surface area contributed by atoms with Crippen LogP contribution in [0.3, 0.4) is 0 Å². The van der Waals surface area contributed by atoms with Crippen LogP contribution in [0.25, 0.3) is 0 Å². The lowest BCUT2D eigenvalue weighted by molar-refractivity contribution is 0.0138. The number of halogens is 1. The van der Waals surface area contributed by atoms with Crippen LogP contribution in [0.15, 0.2) is 12.1 Å². The normalized spacial score (nSPS) is 21.0. The molecule has 1 aromatic rings. The van der Waals surface area contributed by atoms with Gasteiger partial charge in [0.05, 0.1) is 10.4 Å². The molecule has 96 valence electrons. The van der Waals surface area contributed by atoms with E-state index in [1.54, 1.807) is 0 Å². The first-order valence-corrected chi connectivity index (χ1v) is 7.66. The second-order valence-electron chi connectivity index (χ2n) is 5.71. The first kappa shape index (κ1) is 13.4. The lowest BCUT2D eigenvalue weighted by Gasteiger charge is -2.35. The lowest BCUT2D eigenvalue weighted by atomic mass is 9.73. The second-order valence-corrected chi connectivity index (χ2v) is 7.46. The van der Waals surface area contributed by atoms with Crippen LogP contribution >= 0.6 is 22.9 Å². The Hall–Kier alpha value is -0.0500. The van der Waals surface area contributed by atoms with Crippen molar-refractivity contribution in [2.24, 2.45) is 11.3 Å². The summed E-state index contributed by atoms with van der Waals surface area (Å²) in [6.45, 7) is 4.49. The number of aliphatic hydroxyl groups is 1. The molecule has 1 atom stereocenters. The van der Waals surface area contributed by atoms with Gasteiger partial charge in [0.2, 0.25) is 0 Å². The van der Waals surface area contributed by atoms with Crippen molar-refractivity contribution in [3.05, 3.63) is 21.3 Å². The van der Waals surface area contributed by atoms with Gasteiger partial charge >= 0.3 is 0 Å². The van der Waals surface area contributed by atoms with Crippen molar-refractivity contribution in [3.8, 4) is 0 Å². The van der Waals surface area contributed by atoms with E-state index < -0.39 is 0 Å². The van der Waals surface area contributed by atoms with Crippen LogP contribution in [0, 0.1) is 11.3 Å². The summed E-state index contributed by atoms with van der Waals surface area (Å²) in [6.07, 6.45) is 5.60. The molecule has 1 saturated carbocycles. The second kappa shape index (κ2) is 5.29. The van der Waals surface area contributed by atoms with Crippen LogP contribution in [0.1, 0.15) is 56.9 Å². The fraction of sp³-hybridized carbons (Fsp3) is 0.714. The highest BCUT2D eigenvalue weighted by Gasteiger charge is 2.42. The Kier molecular flexibility index (Phi) is 4.17. The predicted molar refractivity (Wildman–Crippen MR) is 74.6 cm³/mol. The highest BCUT2D eigenvalue weighted by Crippen LogP contribution is 2.52. The van der Waals surface area contributed by atoms with Gasteiger partial charge in [-0.15, -0.1) is 11.3 Å². The first-order chi connectivity index (χ1) is 8.03. The summed E-state index contributed by atoms with van der Waals surface area (Å²) in [5.74, 6) is 0.637. The number of aliphatic hydroxyl groups excluding tert-OH is 1. The molecule has 0 aliphatic heterocycles. The third kappa shape index (κ3) is 2.86. The molecule has 0 bridgehead atoms. The van der Waals surface area contributed by atoms with Gasteiger partial charge in [0.25, 0.3) is 0 Å². The van der Waals surface area contributed by atoms with Crippen LogP contribution in [-0.2, 0) is 0 Å². The van der Waals surface area contributed by atoms with Crippen molar-refractivity contribution in [2.75, 3.05) is 0 Å². The summed E-state index contributed by atoms with van der Waals surface area (Å²) in [4.78, 5) is 1.04. The molecule has 0 spiro atoms. The Labute approximate surface area is 113 Å². The lowest BCUT2D eigenvalue weighted by Crippen LogP contribution is -2.27. The molecule has 1 aliphatic rings. The molecular formula is C14H21ClOS. The Balaban J connectivity index is 2.21. The molecule has 0 radical (unpaired) electrons. The zero-order chi connectivity index (χ0) is 12.5. The van der Waals surface area contributed by atoms with E-state index in [2.05, 4.69) is 13.8 Å². The van der Waals surface area contributed by atoms with Crippen molar-refractivity contribution in [2.45, 2.75) is 52.1 Å². The average Bonchev–Trinajstić information content (AvgIpc) is 2.86. The zero-order valence-corrected chi connectivity index (χ0v) is 12.2. The minimum absolute atomic E-state index is 0.0996. The van der Waals surface area contributed by atoms with Gasteiger partial charge < -0.3 is 5.11 Å². The van der Waals surface area contributed by atoms with E-state index >= 15 is 0 Å². The van der Waals surface area contributed by atoms with E-state index in [0.717, 1.165) is 28.5 Å². The Morgan fingerprint density at radius 3 is 2.47 bits per heavy atom. The Morgan fingerprint density at radius 2 is 2.00 bits per heavy atom. The number of rotatable bonds is 4. The van der Waals surface area contributed by atoms with Crippen molar-refractivity contribution in [3.63, 3.8) is 0 Å². The predicted octanol–water partition coefficient (Wildman–Crippen LogP) is 5.04. The van der Waals surface area contributed by atoms with Gasteiger partial charge in [0, 0.05) is 10.3 Å². The van der Waals surface area contributed by atoms with Crippen LogP contribution in [0.5, 0.6) is 0 Å². The standard InChI is InChI=1S/C14H21ClOS/c1-10(2)9-14(7-3-4-8-14)13(16)11-5-6-12(15)17-11/h5-6,10,13,16H,3-4,7-9H2,1-2H3. The van der Waals surface area contributed by atoms with Gasteiger partial charge in [0.1, 0.15) is 0 Å². The molecule has 1 aliphatic carbocycles. The highest BCUT2D eigenvalue weighted by molar-refractivity contribution is 7.16. The largest absolute Gasteiger partial charge is 0.387 e. The van der Waals surface area contributed by atoms with Gasteiger partial charge in [-0.1, -0.05) is 38.3 Å². The fourth-order valence-electron chi connectivity index (χ4n) is 3.26. The Morgan fingerprint density at radius 1 is 1.35 bits per heavy atom. The van der Waals surface area contributed by atoms with E-state index in [1.807, 2.05) is 12.1 Å². The topological polar surface area (TPSA) is 20.2 Å². The summed E-state index contributed by atoms with van der Waals surface area (Å²) in [6, 6.07) is 3.88. The fourth-order valence-corrected chi connectivity index (χ4v) is 4.45. The highest BCUT2D eigenvalue weighted by atomic mass is 35.5. The summed E-state index contributed by atoms with van der Waals surface area (Å²) in [7, 11) is 0. The number of thiophene rings is 1. The molecule has 1 heterocycles. The Bertz CT molecular complexity index is 366. The maximum Gasteiger partial charge on any atom is 0.0938 e. The molecule has 0 amide bonds. The smallest absolute Gasteiger partial charge is 0.0938 e. The summed E-state index contributed by atoms with van der Waals surface area (Å²) in [5.41, 5.74) is 0.0996. The van der Waals surface area contributed by atoms with Gasteiger partial charge in [0.15, 0.2) is 0 Å². The van der Waals surface area contributed by atoms with Gasteiger partial charge in [-0.3, -0.25) is 0 Å². The quantitative estimate of drug-likeness (QED) is 0.814. The van der Waals surface area contributed by atoms with E-state index in [9.17, 15) is 5.11 Å².